The molecule has 0 N–H and O–H groups in total. The van der Waals surface area contributed by atoms with Crippen LogP contribution in [0, 0.1) is 0 Å². The molecule has 0 aromatic rings. The van der Waals surface area contributed by atoms with E-state index in [1.54, 1.807) is 0 Å². The van der Waals surface area contributed by atoms with Crippen molar-refractivity contribution >= 4 is 17.9 Å². The molecule has 3 heteroatoms. The van der Waals surface area contributed by atoms with E-state index in [4.69, 9.17) is 0 Å². The third kappa shape index (κ3) is 24.5. The number of nitrogens with zero attached hydrogens (tertiary/aromatic N) is 1. The molecular weight excluding hydrogens is 410 g/mol. The molecule has 0 atom stereocenters. The maximum Gasteiger partial charge on any atom is 0.278 e. The number of carbonyl (C=O) groups is 1. The Bertz CT molecular complexity index is 346. The predicted octanol–water partition coefficient (Wildman–Crippen LogP) is 10.7. The lowest BCUT2D eigenvalue weighted by molar-refractivity contribution is 0.220. The van der Waals surface area contributed by atoms with Gasteiger partial charge in [0.15, 0.2) is 0 Å². The van der Waals surface area contributed by atoms with Crippen LogP contribution in [0.4, 0.5) is 4.79 Å². The fraction of sp³-hybridized carbons (Fsp3) is 0.966. The van der Waals surface area contributed by atoms with Crippen molar-refractivity contribution in [1.82, 2.24) is 4.90 Å². The number of unbranched alkanes of at least 4 members (excludes halogenated alkanes) is 22. The lowest BCUT2D eigenvalue weighted by Crippen LogP contribution is -2.28. The van der Waals surface area contributed by atoms with Gasteiger partial charge in [0.1, 0.15) is 0 Å². The first-order chi connectivity index (χ1) is 15.7. The van der Waals surface area contributed by atoms with Crippen molar-refractivity contribution in [3.63, 3.8) is 0 Å². The molecular formula is C29H59NOS. The van der Waals surface area contributed by atoms with Crippen molar-refractivity contribution in [2.75, 3.05) is 13.1 Å². The third-order valence-corrected chi connectivity index (χ3v) is 7.12. The molecule has 192 valence electrons. The summed E-state index contributed by atoms with van der Waals surface area (Å²) in [4.78, 5) is 13.8. The molecule has 2 nitrogen and oxygen atoms in total. The first-order valence-corrected chi connectivity index (χ1v) is 15.1. The molecule has 0 aromatic heterocycles. The Morgan fingerprint density at radius 3 is 0.875 bits per heavy atom. The molecule has 0 bridgehead atoms. The summed E-state index contributed by atoms with van der Waals surface area (Å²) in [5, 5.41) is -0.0313. The van der Waals surface area contributed by atoms with Crippen molar-refractivity contribution < 1.29 is 4.79 Å². The van der Waals surface area contributed by atoms with E-state index in [2.05, 4.69) is 26.5 Å². The monoisotopic (exact) mass is 469 g/mol. The summed E-state index contributed by atoms with van der Waals surface area (Å²) >= 11 is 4.10. The molecule has 0 rings (SSSR count). The Morgan fingerprint density at radius 1 is 0.438 bits per heavy atom. The Morgan fingerprint density at radius 2 is 0.656 bits per heavy atom. The zero-order valence-corrected chi connectivity index (χ0v) is 23.1. The summed E-state index contributed by atoms with van der Waals surface area (Å²) in [6, 6.07) is 0. The highest BCUT2D eigenvalue weighted by atomic mass is 32.1. The molecule has 0 fully saturated rings. The molecule has 0 spiro atoms. The van der Waals surface area contributed by atoms with Gasteiger partial charge in [-0.15, -0.1) is 0 Å². The van der Waals surface area contributed by atoms with Crippen molar-refractivity contribution in [2.24, 2.45) is 0 Å². The number of amides is 1. The molecule has 0 aliphatic rings. The van der Waals surface area contributed by atoms with Crippen LogP contribution in [0.15, 0.2) is 0 Å². The standard InChI is InChI=1S/C29H59NOS/c1-3-5-7-9-11-13-15-17-19-21-23-25-27-30(29(31)32)28-26-24-22-20-18-16-14-12-10-8-6-4-2/h3-28H2,1-2H3,(H,31,32). The number of thiol groups is 1. The van der Waals surface area contributed by atoms with Crippen molar-refractivity contribution in [3.05, 3.63) is 0 Å². The second-order valence-electron chi connectivity index (χ2n) is 10.0. The van der Waals surface area contributed by atoms with E-state index >= 15 is 0 Å². The molecule has 0 aliphatic heterocycles. The van der Waals surface area contributed by atoms with Gasteiger partial charge in [0, 0.05) is 13.1 Å². The van der Waals surface area contributed by atoms with E-state index in [0.29, 0.717) is 0 Å². The van der Waals surface area contributed by atoms with Crippen LogP contribution in [0.1, 0.15) is 168 Å². The number of carbonyl (C=O) groups excluding carboxylic acids is 1. The normalized spacial score (nSPS) is 11.2. The first kappa shape index (κ1) is 31.8. The smallest absolute Gasteiger partial charge is 0.278 e. The summed E-state index contributed by atoms with van der Waals surface area (Å²) in [5.41, 5.74) is 0. The molecule has 0 aliphatic carbocycles. The Kier molecular flexibility index (Phi) is 26.9. The number of hydrogen-bond acceptors (Lipinski definition) is 1. The van der Waals surface area contributed by atoms with Crippen LogP contribution in [0.25, 0.3) is 0 Å². The highest BCUT2D eigenvalue weighted by Crippen LogP contribution is 2.14. The zero-order chi connectivity index (χ0) is 23.5. The van der Waals surface area contributed by atoms with Crippen LogP contribution in [0.5, 0.6) is 0 Å². The Hall–Kier alpha value is -0.180. The van der Waals surface area contributed by atoms with Gasteiger partial charge in [0.05, 0.1) is 0 Å². The molecule has 0 heterocycles. The van der Waals surface area contributed by atoms with Crippen molar-refractivity contribution in [1.29, 1.82) is 0 Å². The van der Waals surface area contributed by atoms with Gasteiger partial charge in [0.25, 0.3) is 5.24 Å². The molecule has 0 saturated heterocycles. The quantitative estimate of drug-likeness (QED) is 0.0986. The molecule has 1 amide bonds. The molecule has 0 saturated carbocycles. The van der Waals surface area contributed by atoms with E-state index < -0.39 is 0 Å². The van der Waals surface area contributed by atoms with Gasteiger partial charge in [-0.05, 0) is 12.8 Å². The van der Waals surface area contributed by atoms with E-state index in [-0.39, 0.29) is 5.24 Å². The van der Waals surface area contributed by atoms with Gasteiger partial charge < -0.3 is 4.90 Å². The van der Waals surface area contributed by atoms with Gasteiger partial charge in [0.2, 0.25) is 0 Å². The largest absolute Gasteiger partial charge is 0.334 e. The predicted molar refractivity (Wildman–Crippen MR) is 148 cm³/mol. The Labute approximate surface area is 208 Å². The lowest BCUT2D eigenvalue weighted by atomic mass is 10.0. The summed E-state index contributed by atoms with van der Waals surface area (Å²) in [5.74, 6) is 0. The molecule has 32 heavy (non-hydrogen) atoms. The van der Waals surface area contributed by atoms with E-state index in [9.17, 15) is 4.79 Å². The SMILES string of the molecule is CCCCCCCCCCCCCCN(CCCCCCCCCCCCCC)C(=O)S. The lowest BCUT2D eigenvalue weighted by Gasteiger charge is -2.20. The highest BCUT2D eigenvalue weighted by molar-refractivity contribution is 7.96. The topological polar surface area (TPSA) is 20.3 Å². The van der Waals surface area contributed by atoms with Gasteiger partial charge in [-0.1, -0.05) is 168 Å². The van der Waals surface area contributed by atoms with Crippen LogP contribution >= 0.6 is 12.6 Å². The van der Waals surface area contributed by atoms with Crippen molar-refractivity contribution in [2.45, 2.75) is 168 Å². The maximum atomic E-state index is 11.8. The summed E-state index contributed by atoms with van der Waals surface area (Å²) in [6.07, 6.45) is 32.7. The van der Waals surface area contributed by atoms with Crippen LogP contribution in [0.2, 0.25) is 0 Å². The van der Waals surface area contributed by atoms with Gasteiger partial charge in [-0.25, -0.2) is 0 Å². The van der Waals surface area contributed by atoms with Crippen LogP contribution < -0.4 is 0 Å². The van der Waals surface area contributed by atoms with Crippen LogP contribution in [-0.4, -0.2) is 23.2 Å². The summed E-state index contributed by atoms with van der Waals surface area (Å²) in [6.45, 7) is 6.37. The second kappa shape index (κ2) is 27.1. The van der Waals surface area contributed by atoms with Gasteiger partial charge >= 0.3 is 0 Å². The molecule has 0 aromatic carbocycles. The average molecular weight is 470 g/mol. The highest BCUT2D eigenvalue weighted by Gasteiger charge is 2.08. The minimum Gasteiger partial charge on any atom is -0.334 e. The molecule has 0 unspecified atom stereocenters. The fourth-order valence-electron chi connectivity index (χ4n) is 4.59. The second-order valence-corrected chi connectivity index (χ2v) is 10.4. The zero-order valence-electron chi connectivity index (χ0n) is 22.2. The molecule has 0 radical (unpaired) electrons. The number of rotatable bonds is 26. The average Bonchev–Trinajstić information content (AvgIpc) is 2.78. The van der Waals surface area contributed by atoms with Gasteiger partial charge in [-0.3, -0.25) is 4.79 Å². The number of hydrogen-bond donors (Lipinski definition) is 1. The Balaban J connectivity index is 3.42. The minimum absolute atomic E-state index is 0.0313. The van der Waals surface area contributed by atoms with Crippen LogP contribution in [-0.2, 0) is 0 Å². The third-order valence-electron chi connectivity index (χ3n) is 6.83. The van der Waals surface area contributed by atoms with Gasteiger partial charge in [-0.2, -0.15) is 0 Å². The minimum atomic E-state index is -0.0313. The fourth-order valence-corrected chi connectivity index (χ4v) is 4.79. The summed E-state index contributed by atoms with van der Waals surface area (Å²) in [7, 11) is 0. The maximum absolute atomic E-state index is 11.8. The van der Waals surface area contributed by atoms with E-state index in [1.807, 2.05) is 4.90 Å². The first-order valence-electron chi connectivity index (χ1n) is 14.7. The van der Waals surface area contributed by atoms with E-state index in [0.717, 1.165) is 25.9 Å². The van der Waals surface area contributed by atoms with E-state index in [1.165, 1.54) is 141 Å². The van der Waals surface area contributed by atoms with Crippen LogP contribution in [0.3, 0.4) is 0 Å². The summed E-state index contributed by atoms with van der Waals surface area (Å²) < 4.78 is 0. The van der Waals surface area contributed by atoms with Crippen molar-refractivity contribution in [3.8, 4) is 0 Å².